The number of ether oxygens (including phenoxy) is 2. The van der Waals surface area contributed by atoms with Gasteiger partial charge in [0.25, 0.3) is 5.56 Å². The second-order valence-corrected chi connectivity index (χ2v) is 9.15. The van der Waals surface area contributed by atoms with E-state index in [1.165, 1.54) is 0 Å². The molecule has 6 aromatic rings. The second-order valence-electron chi connectivity index (χ2n) is 9.15. The predicted molar refractivity (Wildman–Crippen MR) is 146 cm³/mol. The molecule has 0 spiro atoms. The Morgan fingerprint density at radius 1 is 0.842 bits per heavy atom. The lowest BCUT2D eigenvalue weighted by atomic mass is 10.1. The van der Waals surface area contributed by atoms with Gasteiger partial charge < -0.3 is 9.47 Å². The van der Waals surface area contributed by atoms with Gasteiger partial charge in [0.15, 0.2) is 30.4 Å². The lowest BCUT2D eigenvalue weighted by Crippen LogP contribution is -2.34. The molecule has 0 unspecified atom stereocenters. The lowest BCUT2D eigenvalue weighted by Gasteiger charge is -2.12. The van der Waals surface area contributed by atoms with Crippen LogP contribution in [-0.2, 0) is 13.0 Å². The number of hydrogen-bond acceptors (Lipinski definition) is 4. The number of para-hydroxylation sites is 1. The van der Waals surface area contributed by atoms with Crippen molar-refractivity contribution in [3.05, 3.63) is 131 Å². The minimum absolute atomic E-state index is 0.0771. The third-order valence-corrected chi connectivity index (χ3v) is 6.75. The van der Waals surface area contributed by atoms with E-state index in [-0.39, 0.29) is 5.56 Å². The molecule has 6 rings (SSSR count). The number of hydrogen-bond donors (Lipinski definition) is 0. The molecule has 0 aliphatic rings. The topological polar surface area (TPSA) is 61.6 Å². The van der Waals surface area contributed by atoms with Crippen molar-refractivity contribution >= 4 is 16.6 Å². The van der Waals surface area contributed by atoms with Crippen LogP contribution >= 0.6 is 0 Å². The molecule has 0 saturated heterocycles. The molecule has 3 aromatic carbocycles. The summed E-state index contributed by atoms with van der Waals surface area (Å²) in [7, 11) is 3.25. The Morgan fingerprint density at radius 2 is 1.58 bits per heavy atom. The standard InChI is InChI=1S/C31H27N4O3/c1-37-28-14-13-23(18-29(28)38-2)20-33-16-15-26-27(21-33)35-30(34(31(26)36)25-11-7-4-8-12-25)24(19-32-35)17-22-9-5-3-6-10-22/h3-16,18-19,21H,17,20H2,1-2H3/q+1. The third kappa shape index (κ3) is 4.18. The molecule has 3 heterocycles. The second kappa shape index (κ2) is 9.86. The van der Waals surface area contributed by atoms with Crippen molar-refractivity contribution in [1.82, 2.24) is 14.2 Å². The molecule has 0 aliphatic carbocycles. The van der Waals surface area contributed by atoms with Crippen molar-refractivity contribution in [3.8, 4) is 17.2 Å². The van der Waals surface area contributed by atoms with E-state index in [1.807, 2.05) is 100 Å². The molecule has 188 valence electrons. The maximum Gasteiger partial charge on any atom is 0.266 e. The van der Waals surface area contributed by atoms with Crippen LogP contribution < -0.4 is 19.6 Å². The van der Waals surface area contributed by atoms with Gasteiger partial charge >= 0.3 is 0 Å². The Labute approximate surface area is 219 Å². The van der Waals surface area contributed by atoms with Crippen molar-refractivity contribution in [1.29, 1.82) is 0 Å². The van der Waals surface area contributed by atoms with Crippen LogP contribution in [0.5, 0.6) is 11.5 Å². The first-order chi connectivity index (χ1) is 18.7. The zero-order chi connectivity index (χ0) is 26.1. The van der Waals surface area contributed by atoms with Crippen molar-refractivity contribution in [2.24, 2.45) is 0 Å². The monoisotopic (exact) mass is 503 g/mol. The molecule has 0 N–H and O–H groups in total. The Hall–Kier alpha value is -4.91. The van der Waals surface area contributed by atoms with Gasteiger partial charge in [0, 0.05) is 23.6 Å². The average molecular weight is 504 g/mol. The fraction of sp³-hybridized carbons (Fsp3) is 0.129. The fourth-order valence-electron chi connectivity index (χ4n) is 4.93. The summed E-state index contributed by atoms with van der Waals surface area (Å²) in [5.74, 6) is 1.36. The van der Waals surface area contributed by atoms with Crippen LogP contribution in [0.25, 0.3) is 22.2 Å². The summed E-state index contributed by atoms with van der Waals surface area (Å²) in [4.78, 5) is 14.0. The first-order valence-corrected chi connectivity index (χ1v) is 12.4. The van der Waals surface area contributed by atoms with E-state index in [0.717, 1.165) is 33.5 Å². The van der Waals surface area contributed by atoms with Gasteiger partial charge in [-0.2, -0.15) is 9.67 Å². The molecule has 0 radical (unpaired) electrons. The summed E-state index contributed by atoms with van der Waals surface area (Å²) < 4.78 is 16.5. The number of benzene rings is 3. The summed E-state index contributed by atoms with van der Waals surface area (Å²) in [6, 6.07) is 27.7. The number of methoxy groups -OCH3 is 2. The van der Waals surface area contributed by atoms with E-state index in [4.69, 9.17) is 14.6 Å². The van der Waals surface area contributed by atoms with Gasteiger partial charge in [-0.3, -0.25) is 9.36 Å². The van der Waals surface area contributed by atoms with Gasteiger partial charge in [0.05, 0.1) is 31.5 Å². The Balaban J connectivity index is 1.53. The predicted octanol–water partition coefficient (Wildman–Crippen LogP) is 4.58. The third-order valence-electron chi connectivity index (χ3n) is 6.75. The summed E-state index contributed by atoms with van der Waals surface area (Å²) in [5.41, 5.74) is 5.43. The summed E-state index contributed by atoms with van der Waals surface area (Å²) in [6.45, 7) is 0.595. The maximum absolute atomic E-state index is 14.0. The van der Waals surface area contributed by atoms with Crippen molar-refractivity contribution in [2.45, 2.75) is 13.0 Å². The lowest BCUT2D eigenvalue weighted by molar-refractivity contribution is -0.687. The average Bonchev–Trinajstić information content (AvgIpc) is 3.37. The van der Waals surface area contributed by atoms with Crippen LogP contribution in [0.3, 0.4) is 0 Å². The smallest absolute Gasteiger partial charge is 0.266 e. The quantitative estimate of drug-likeness (QED) is 0.299. The Morgan fingerprint density at radius 3 is 2.32 bits per heavy atom. The number of fused-ring (bicyclic) bond motifs is 3. The normalized spacial score (nSPS) is 11.2. The molecule has 38 heavy (non-hydrogen) atoms. The molecule has 3 aromatic heterocycles. The summed E-state index contributed by atoms with van der Waals surface area (Å²) in [5, 5.41) is 5.37. The van der Waals surface area contributed by atoms with Crippen LogP contribution in [0.2, 0.25) is 0 Å². The van der Waals surface area contributed by atoms with Gasteiger partial charge in [-0.15, -0.1) is 0 Å². The highest BCUT2D eigenvalue weighted by molar-refractivity contribution is 5.80. The van der Waals surface area contributed by atoms with Crippen LogP contribution in [0.1, 0.15) is 16.7 Å². The van der Waals surface area contributed by atoms with E-state index >= 15 is 0 Å². The van der Waals surface area contributed by atoms with Gasteiger partial charge in [-0.25, -0.2) is 4.52 Å². The molecular formula is C31H27N4O3+. The minimum Gasteiger partial charge on any atom is -0.493 e. The molecule has 7 heteroatoms. The molecule has 7 nitrogen and oxygen atoms in total. The number of nitrogens with zero attached hydrogens (tertiary/aromatic N) is 4. The van der Waals surface area contributed by atoms with Gasteiger partial charge in [0.2, 0.25) is 0 Å². The number of pyridine rings is 1. The van der Waals surface area contributed by atoms with Crippen LogP contribution in [0.15, 0.2) is 108 Å². The minimum atomic E-state index is -0.0771. The van der Waals surface area contributed by atoms with Crippen LogP contribution in [0.4, 0.5) is 0 Å². The number of aromatic nitrogens is 4. The molecular weight excluding hydrogens is 476 g/mol. The van der Waals surface area contributed by atoms with Crippen LogP contribution in [0, 0.1) is 0 Å². The summed E-state index contributed by atoms with van der Waals surface area (Å²) >= 11 is 0. The SMILES string of the molecule is COc1ccc(C[n+]2ccc3c(=O)n(-c4ccccc4)c4c(Cc5ccccc5)cnn4c3c2)cc1OC. The zero-order valence-corrected chi connectivity index (χ0v) is 21.2. The van der Waals surface area contributed by atoms with Crippen molar-refractivity contribution < 1.29 is 14.0 Å². The van der Waals surface area contributed by atoms with Crippen molar-refractivity contribution in [3.63, 3.8) is 0 Å². The van der Waals surface area contributed by atoms with E-state index in [9.17, 15) is 4.79 Å². The fourth-order valence-corrected chi connectivity index (χ4v) is 4.93. The van der Waals surface area contributed by atoms with Gasteiger partial charge in [-0.05, 0) is 35.9 Å². The number of rotatable bonds is 7. The Bertz CT molecular complexity index is 1810. The molecule has 0 atom stereocenters. The first-order valence-electron chi connectivity index (χ1n) is 12.4. The largest absolute Gasteiger partial charge is 0.493 e. The maximum atomic E-state index is 14.0. The molecule has 0 fully saturated rings. The van der Waals surface area contributed by atoms with E-state index in [2.05, 4.69) is 12.1 Å². The highest BCUT2D eigenvalue weighted by Gasteiger charge is 2.20. The van der Waals surface area contributed by atoms with Gasteiger partial charge in [-0.1, -0.05) is 48.5 Å². The van der Waals surface area contributed by atoms with Crippen LogP contribution in [-0.4, -0.2) is 28.4 Å². The molecule has 0 amide bonds. The molecule has 0 bridgehead atoms. The summed E-state index contributed by atoms with van der Waals surface area (Å²) in [6.07, 6.45) is 6.44. The van der Waals surface area contributed by atoms with E-state index < -0.39 is 0 Å². The van der Waals surface area contributed by atoms with E-state index in [0.29, 0.717) is 29.9 Å². The highest BCUT2D eigenvalue weighted by atomic mass is 16.5. The van der Waals surface area contributed by atoms with Gasteiger partial charge in [0.1, 0.15) is 11.2 Å². The van der Waals surface area contributed by atoms with E-state index in [1.54, 1.807) is 18.8 Å². The zero-order valence-electron chi connectivity index (χ0n) is 21.2. The molecule has 0 saturated carbocycles. The van der Waals surface area contributed by atoms with Crippen molar-refractivity contribution in [2.75, 3.05) is 14.2 Å². The molecule has 0 aliphatic heterocycles. The highest BCUT2D eigenvalue weighted by Crippen LogP contribution is 2.27. The first kappa shape index (κ1) is 23.5. The Kier molecular flexibility index (Phi) is 6.09.